The molecule has 0 saturated carbocycles. The number of alkyl halides is 3. The van der Waals surface area contributed by atoms with Crippen LogP contribution in [0.4, 0.5) is 13.2 Å². The lowest BCUT2D eigenvalue weighted by atomic mass is 10.1. The summed E-state index contributed by atoms with van der Waals surface area (Å²) in [5, 5.41) is 3.24. The van der Waals surface area contributed by atoms with E-state index >= 15 is 0 Å². The second kappa shape index (κ2) is 6.69. The first-order chi connectivity index (χ1) is 11.5. The molecular weight excluding hydrogens is 341 g/mol. The van der Waals surface area contributed by atoms with Gasteiger partial charge in [0.1, 0.15) is 5.56 Å². The third-order valence-electron chi connectivity index (χ3n) is 3.81. The van der Waals surface area contributed by atoms with Gasteiger partial charge in [-0.2, -0.15) is 18.2 Å². The van der Waals surface area contributed by atoms with Crippen LogP contribution in [0.25, 0.3) is 0 Å². The Morgan fingerprint density at radius 2 is 2.00 bits per heavy atom. The Morgan fingerprint density at radius 3 is 2.56 bits per heavy atom. The second-order valence-corrected chi connectivity index (χ2v) is 5.70. The number of rotatable bonds is 4. The van der Waals surface area contributed by atoms with E-state index in [2.05, 4.69) is 14.7 Å². The van der Waals surface area contributed by atoms with Crippen LogP contribution in [0.3, 0.4) is 0 Å². The van der Waals surface area contributed by atoms with E-state index in [1.807, 2.05) is 0 Å². The van der Waals surface area contributed by atoms with E-state index in [1.165, 1.54) is 16.5 Å². The maximum absolute atomic E-state index is 12.5. The van der Waals surface area contributed by atoms with Crippen LogP contribution < -0.4 is 5.56 Å². The highest BCUT2D eigenvalue weighted by Crippen LogP contribution is 2.27. The molecule has 10 heteroatoms. The Kier molecular flexibility index (Phi) is 5.00. The number of nitrogens with zero attached hydrogens (tertiary/aromatic N) is 4. The van der Waals surface area contributed by atoms with E-state index in [1.54, 1.807) is 27.0 Å². The molecule has 0 aromatic carbocycles. The van der Waals surface area contributed by atoms with Gasteiger partial charge in [-0.15, -0.1) is 0 Å². The molecule has 0 N–H and O–H groups in total. The van der Waals surface area contributed by atoms with E-state index in [4.69, 9.17) is 0 Å². The lowest BCUT2D eigenvalue weighted by Gasteiger charge is -2.18. The summed E-state index contributed by atoms with van der Waals surface area (Å²) >= 11 is 0. The molecule has 0 spiro atoms. The zero-order valence-corrected chi connectivity index (χ0v) is 14.1. The summed E-state index contributed by atoms with van der Waals surface area (Å²) in [5.74, 6) is -2.11. The highest BCUT2D eigenvalue weighted by molar-refractivity contribution is 5.95. The number of carbonyl (C=O) groups excluding carboxylic acids is 1. The normalized spacial score (nSPS) is 11.6. The van der Waals surface area contributed by atoms with Crippen LogP contribution in [0, 0.1) is 13.8 Å². The molecule has 7 nitrogen and oxygen atoms in total. The van der Waals surface area contributed by atoms with Crippen molar-refractivity contribution in [2.75, 3.05) is 13.6 Å². The molecule has 0 bridgehead atoms. The van der Waals surface area contributed by atoms with Gasteiger partial charge in [-0.25, -0.2) is 0 Å². The van der Waals surface area contributed by atoms with Gasteiger partial charge in [-0.3, -0.25) is 9.59 Å². The number of amides is 1. The van der Waals surface area contributed by atoms with Crippen LogP contribution in [0.5, 0.6) is 0 Å². The van der Waals surface area contributed by atoms with Gasteiger partial charge in [0.2, 0.25) is 0 Å². The van der Waals surface area contributed by atoms with Crippen molar-refractivity contribution in [3.63, 3.8) is 0 Å². The van der Waals surface area contributed by atoms with Gasteiger partial charge in [0.25, 0.3) is 11.5 Å². The highest BCUT2D eigenvalue weighted by atomic mass is 19.4. The fraction of sp³-hybridized carbons (Fsp3) is 0.467. The third kappa shape index (κ3) is 3.89. The maximum Gasteiger partial charge on any atom is 0.471 e. The van der Waals surface area contributed by atoms with Gasteiger partial charge >= 0.3 is 12.1 Å². The van der Waals surface area contributed by atoms with Crippen molar-refractivity contribution in [1.29, 1.82) is 0 Å². The lowest BCUT2D eigenvalue weighted by molar-refractivity contribution is -0.159. The fourth-order valence-corrected chi connectivity index (χ4v) is 2.27. The molecule has 1 amide bonds. The Balaban J connectivity index is 2.13. The number of aromatic nitrogens is 3. The van der Waals surface area contributed by atoms with E-state index in [0.717, 1.165) is 0 Å². The minimum absolute atomic E-state index is 0.0275. The lowest BCUT2D eigenvalue weighted by Crippen LogP contribution is -2.36. The SMILES string of the molecule is Cc1cc(C)n(C)c(=O)c1C(=O)N(C)CCc1noc(C(F)(F)F)n1. The van der Waals surface area contributed by atoms with Crippen LogP contribution in [0.1, 0.15) is 33.3 Å². The average Bonchev–Trinajstić information content (AvgIpc) is 2.99. The summed E-state index contributed by atoms with van der Waals surface area (Å²) in [6.45, 7) is 3.44. The summed E-state index contributed by atoms with van der Waals surface area (Å²) in [6.07, 6.45) is -4.74. The number of aryl methyl sites for hydroxylation is 2. The summed E-state index contributed by atoms with van der Waals surface area (Å²) < 4.78 is 42.7. The molecule has 0 fully saturated rings. The zero-order chi connectivity index (χ0) is 18.9. The Morgan fingerprint density at radius 1 is 1.36 bits per heavy atom. The molecule has 0 radical (unpaired) electrons. The molecule has 136 valence electrons. The maximum atomic E-state index is 12.5. The van der Waals surface area contributed by atoms with Crippen molar-refractivity contribution >= 4 is 5.91 Å². The standard InChI is InChI=1S/C15H17F3N4O3/c1-8-7-9(2)22(4)13(24)11(8)12(23)21(3)6-5-10-19-14(25-20-10)15(16,17)18/h7H,5-6H2,1-4H3. The van der Waals surface area contributed by atoms with Gasteiger partial charge in [0.15, 0.2) is 5.82 Å². The number of hydrogen-bond donors (Lipinski definition) is 0. The minimum Gasteiger partial charge on any atom is -0.341 e. The second-order valence-electron chi connectivity index (χ2n) is 5.70. The van der Waals surface area contributed by atoms with Crippen molar-refractivity contribution in [1.82, 2.24) is 19.6 Å². The quantitative estimate of drug-likeness (QED) is 0.831. The summed E-state index contributed by atoms with van der Waals surface area (Å²) in [6, 6.07) is 1.72. The van der Waals surface area contributed by atoms with Gasteiger partial charge < -0.3 is 14.0 Å². The molecule has 0 atom stereocenters. The van der Waals surface area contributed by atoms with Crippen LogP contribution in [0.15, 0.2) is 15.4 Å². The van der Waals surface area contributed by atoms with Crippen LogP contribution in [-0.4, -0.2) is 39.1 Å². The zero-order valence-electron chi connectivity index (χ0n) is 14.1. The van der Waals surface area contributed by atoms with Crippen molar-refractivity contribution in [3.05, 3.63) is 45.0 Å². The predicted octanol–water partition coefficient (Wildman–Crippen LogP) is 1.72. The van der Waals surface area contributed by atoms with E-state index in [0.29, 0.717) is 11.3 Å². The van der Waals surface area contributed by atoms with Crippen LogP contribution in [-0.2, 0) is 19.6 Å². The first kappa shape index (κ1) is 18.7. The molecule has 0 saturated heterocycles. The molecule has 0 aliphatic heterocycles. The summed E-state index contributed by atoms with van der Waals surface area (Å²) in [5.41, 5.74) is 0.859. The molecule has 2 aromatic heterocycles. The first-order valence-corrected chi connectivity index (χ1v) is 7.35. The molecule has 0 aliphatic rings. The molecular formula is C15H17F3N4O3. The smallest absolute Gasteiger partial charge is 0.341 e. The topological polar surface area (TPSA) is 81.2 Å². The van der Waals surface area contributed by atoms with E-state index in [9.17, 15) is 22.8 Å². The van der Waals surface area contributed by atoms with Gasteiger partial charge in [-0.1, -0.05) is 5.16 Å². The average molecular weight is 358 g/mol. The summed E-state index contributed by atoms with van der Waals surface area (Å²) in [4.78, 5) is 29.3. The van der Waals surface area contributed by atoms with Gasteiger partial charge in [0, 0.05) is 32.8 Å². The van der Waals surface area contributed by atoms with Gasteiger partial charge in [0.05, 0.1) is 0 Å². The summed E-state index contributed by atoms with van der Waals surface area (Å²) in [7, 11) is 3.01. The molecule has 25 heavy (non-hydrogen) atoms. The Labute approximate surface area is 141 Å². The number of pyridine rings is 1. The first-order valence-electron chi connectivity index (χ1n) is 7.35. The minimum atomic E-state index is -4.71. The monoisotopic (exact) mass is 358 g/mol. The van der Waals surface area contributed by atoms with Crippen molar-refractivity contribution < 1.29 is 22.5 Å². The predicted molar refractivity (Wildman–Crippen MR) is 81.1 cm³/mol. The van der Waals surface area contributed by atoms with Crippen molar-refractivity contribution in [3.8, 4) is 0 Å². The van der Waals surface area contributed by atoms with Crippen LogP contribution in [0.2, 0.25) is 0 Å². The fourth-order valence-electron chi connectivity index (χ4n) is 2.27. The molecule has 0 unspecified atom stereocenters. The van der Waals surface area contributed by atoms with E-state index in [-0.39, 0.29) is 24.4 Å². The van der Waals surface area contributed by atoms with E-state index < -0.39 is 23.5 Å². The Hall–Kier alpha value is -2.65. The number of likely N-dealkylation sites (N-methyl/N-ethyl adjacent to an activating group) is 1. The number of carbonyl (C=O) groups is 1. The number of hydrogen-bond acceptors (Lipinski definition) is 5. The number of halogens is 3. The molecule has 2 aromatic rings. The van der Waals surface area contributed by atoms with Gasteiger partial charge in [-0.05, 0) is 25.5 Å². The van der Waals surface area contributed by atoms with Crippen molar-refractivity contribution in [2.45, 2.75) is 26.4 Å². The highest BCUT2D eigenvalue weighted by Gasteiger charge is 2.38. The van der Waals surface area contributed by atoms with Crippen LogP contribution >= 0.6 is 0 Å². The van der Waals surface area contributed by atoms with Crippen molar-refractivity contribution in [2.24, 2.45) is 7.05 Å². The molecule has 0 aliphatic carbocycles. The molecule has 2 rings (SSSR count). The molecule has 2 heterocycles. The Bertz CT molecular complexity index is 855. The largest absolute Gasteiger partial charge is 0.471 e. The third-order valence-corrected chi connectivity index (χ3v) is 3.81.